The van der Waals surface area contributed by atoms with Gasteiger partial charge in [-0.15, -0.1) is 0 Å². The van der Waals surface area contributed by atoms with E-state index in [1.165, 1.54) is 18.2 Å². The zero-order chi connectivity index (χ0) is 19.3. The predicted molar refractivity (Wildman–Crippen MR) is 106 cm³/mol. The molecule has 0 atom stereocenters. The normalized spacial score (nSPS) is 11.0. The monoisotopic (exact) mass is 454 g/mol. The van der Waals surface area contributed by atoms with Crippen molar-refractivity contribution in [2.24, 2.45) is 0 Å². The van der Waals surface area contributed by atoms with Crippen LogP contribution in [-0.2, 0) is 4.79 Å². The Bertz CT molecular complexity index is 923. The molecule has 0 saturated heterocycles. The summed E-state index contributed by atoms with van der Waals surface area (Å²) in [4.78, 5) is 12.4. The molecule has 2 N–H and O–H groups in total. The number of rotatable bonds is 5. The lowest BCUT2D eigenvalue weighted by Crippen LogP contribution is -2.13. The number of halogens is 3. The van der Waals surface area contributed by atoms with Gasteiger partial charge in [-0.2, -0.15) is 5.26 Å². The lowest BCUT2D eigenvalue weighted by Gasteiger charge is -2.10. The van der Waals surface area contributed by atoms with Crippen molar-refractivity contribution in [2.75, 3.05) is 11.9 Å². The molecule has 0 heterocycles. The molecule has 134 valence electrons. The summed E-state index contributed by atoms with van der Waals surface area (Å²) in [5.41, 5.74) is 0.634. The first-order valence-corrected chi connectivity index (χ1v) is 8.94. The molecule has 1 amide bonds. The fourth-order valence-corrected chi connectivity index (χ4v) is 2.83. The Morgan fingerprint density at radius 1 is 1.42 bits per heavy atom. The van der Waals surface area contributed by atoms with Gasteiger partial charge in [0.1, 0.15) is 11.6 Å². The fraction of sp³-hybridized carbons (Fsp3) is 0.111. The van der Waals surface area contributed by atoms with Crippen LogP contribution >= 0.6 is 39.1 Å². The molecule has 8 heteroatoms. The van der Waals surface area contributed by atoms with E-state index in [0.29, 0.717) is 22.3 Å². The number of nitriles is 1. The lowest BCUT2D eigenvalue weighted by atomic mass is 10.1. The number of nitrogens with zero attached hydrogens (tertiary/aromatic N) is 1. The van der Waals surface area contributed by atoms with Gasteiger partial charge in [0.25, 0.3) is 5.91 Å². The Balaban J connectivity index is 2.36. The number of nitrogens with one attached hydrogen (secondary N) is 1. The standard InChI is InChI=1S/C18H13BrCl2N2O3/c1-2-26-16-7-10(12(19)8-15(16)24)6-11(9-22)18(25)23-14-5-3-4-13(20)17(14)21/h3-8,24H,2H2,1H3,(H,23,25)/b11-6-. The van der Waals surface area contributed by atoms with Crippen LogP contribution < -0.4 is 10.1 Å². The molecule has 2 rings (SSSR count). The Morgan fingerprint density at radius 2 is 2.15 bits per heavy atom. The van der Waals surface area contributed by atoms with E-state index in [1.807, 2.05) is 6.07 Å². The van der Waals surface area contributed by atoms with Crippen LogP contribution in [0.5, 0.6) is 11.5 Å². The summed E-state index contributed by atoms with van der Waals surface area (Å²) in [7, 11) is 0. The number of benzene rings is 2. The van der Waals surface area contributed by atoms with Crippen molar-refractivity contribution in [1.82, 2.24) is 0 Å². The van der Waals surface area contributed by atoms with Gasteiger partial charge in [0.2, 0.25) is 0 Å². The average molecular weight is 456 g/mol. The average Bonchev–Trinajstić information content (AvgIpc) is 2.60. The number of phenols is 1. The summed E-state index contributed by atoms with van der Waals surface area (Å²) in [6, 6.07) is 9.59. The Kier molecular flexibility index (Phi) is 6.92. The minimum atomic E-state index is -0.644. The second-order valence-corrected chi connectivity index (χ2v) is 6.64. The van der Waals surface area contributed by atoms with Gasteiger partial charge >= 0.3 is 0 Å². The first kappa shape index (κ1) is 20.1. The molecular formula is C18H13BrCl2N2O3. The van der Waals surface area contributed by atoms with E-state index in [0.717, 1.165) is 0 Å². The van der Waals surface area contributed by atoms with E-state index < -0.39 is 5.91 Å². The fourth-order valence-electron chi connectivity index (χ4n) is 2.03. The van der Waals surface area contributed by atoms with Gasteiger partial charge in [0, 0.05) is 4.47 Å². The highest BCUT2D eigenvalue weighted by Crippen LogP contribution is 2.34. The Labute approximate surface area is 168 Å². The second kappa shape index (κ2) is 8.95. The first-order valence-electron chi connectivity index (χ1n) is 7.39. The molecule has 0 aliphatic heterocycles. The van der Waals surface area contributed by atoms with Crippen LogP contribution in [0.2, 0.25) is 10.0 Å². The van der Waals surface area contributed by atoms with Crippen LogP contribution in [-0.4, -0.2) is 17.6 Å². The maximum Gasteiger partial charge on any atom is 0.266 e. The maximum atomic E-state index is 12.4. The minimum absolute atomic E-state index is 0.0513. The SMILES string of the molecule is CCOc1cc(/C=C(/C#N)C(=O)Nc2cccc(Cl)c2Cl)c(Br)cc1O. The molecule has 0 aliphatic rings. The molecule has 0 spiro atoms. The summed E-state index contributed by atoms with van der Waals surface area (Å²) in [6.45, 7) is 2.14. The molecular weight excluding hydrogens is 443 g/mol. The summed E-state index contributed by atoms with van der Waals surface area (Å²) in [5.74, 6) is -0.448. The van der Waals surface area contributed by atoms with E-state index in [-0.39, 0.29) is 27.1 Å². The number of amides is 1. The largest absolute Gasteiger partial charge is 0.504 e. The Morgan fingerprint density at radius 3 is 2.81 bits per heavy atom. The van der Waals surface area contributed by atoms with Crippen molar-refractivity contribution in [3.05, 3.63) is 56.0 Å². The molecule has 0 saturated carbocycles. The number of anilines is 1. The number of hydrogen-bond donors (Lipinski definition) is 2. The van der Waals surface area contributed by atoms with Gasteiger partial charge in [0.05, 0.1) is 22.3 Å². The van der Waals surface area contributed by atoms with Crippen molar-refractivity contribution in [1.29, 1.82) is 5.26 Å². The molecule has 2 aromatic carbocycles. The Hall–Kier alpha value is -2.20. The molecule has 26 heavy (non-hydrogen) atoms. The number of carbonyl (C=O) groups excluding carboxylic acids is 1. The number of hydrogen-bond acceptors (Lipinski definition) is 4. The van der Waals surface area contributed by atoms with Crippen molar-refractivity contribution in [3.8, 4) is 17.6 Å². The topological polar surface area (TPSA) is 82.3 Å². The van der Waals surface area contributed by atoms with Crippen LogP contribution in [0.1, 0.15) is 12.5 Å². The van der Waals surface area contributed by atoms with Crippen molar-refractivity contribution in [3.63, 3.8) is 0 Å². The zero-order valence-electron chi connectivity index (χ0n) is 13.5. The number of carbonyl (C=O) groups is 1. The number of aromatic hydroxyl groups is 1. The molecule has 0 radical (unpaired) electrons. The van der Waals surface area contributed by atoms with Gasteiger partial charge in [-0.3, -0.25) is 4.79 Å². The van der Waals surface area contributed by atoms with Crippen LogP contribution in [0.4, 0.5) is 5.69 Å². The maximum absolute atomic E-state index is 12.4. The first-order chi connectivity index (χ1) is 12.4. The van der Waals surface area contributed by atoms with Crippen molar-refractivity contribution >= 4 is 56.8 Å². The highest BCUT2D eigenvalue weighted by molar-refractivity contribution is 9.10. The van der Waals surface area contributed by atoms with Crippen LogP contribution in [0.3, 0.4) is 0 Å². The molecule has 0 aromatic heterocycles. The van der Waals surface area contributed by atoms with Gasteiger partial charge < -0.3 is 15.2 Å². The van der Waals surface area contributed by atoms with Gasteiger partial charge in [-0.1, -0.05) is 45.2 Å². The smallest absolute Gasteiger partial charge is 0.266 e. The molecule has 0 aliphatic carbocycles. The quantitative estimate of drug-likeness (QED) is 0.466. The molecule has 2 aromatic rings. The van der Waals surface area contributed by atoms with E-state index in [1.54, 1.807) is 25.1 Å². The third kappa shape index (κ3) is 4.70. The van der Waals surface area contributed by atoms with E-state index in [9.17, 15) is 15.2 Å². The van der Waals surface area contributed by atoms with Gasteiger partial charge in [-0.05, 0) is 42.8 Å². The minimum Gasteiger partial charge on any atom is -0.504 e. The number of phenolic OH excluding ortho intramolecular Hbond substituents is 1. The summed E-state index contributed by atoms with van der Waals surface area (Å²) in [6.07, 6.45) is 1.37. The number of ether oxygens (including phenoxy) is 1. The zero-order valence-corrected chi connectivity index (χ0v) is 16.6. The third-order valence-electron chi connectivity index (χ3n) is 3.24. The molecule has 0 bridgehead atoms. The highest BCUT2D eigenvalue weighted by atomic mass is 79.9. The van der Waals surface area contributed by atoms with E-state index in [2.05, 4.69) is 21.2 Å². The lowest BCUT2D eigenvalue weighted by molar-refractivity contribution is -0.112. The van der Waals surface area contributed by atoms with Crippen molar-refractivity contribution < 1.29 is 14.6 Å². The summed E-state index contributed by atoms with van der Waals surface area (Å²) in [5, 5.41) is 22.2. The summed E-state index contributed by atoms with van der Waals surface area (Å²) < 4.78 is 5.82. The van der Waals surface area contributed by atoms with Crippen molar-refractivity contribution in [2.45, 2.75) is 6.92 Å². The van der Waals surface area contributed by atoms with Crippen LogP contribution in [0.25, 0.3) is 6.08 Å². The summed E-state index contributed by atoms with van der Waals surface area (Å²) >= 11 is 15.2. The molecule has 0 unspecified atom stereocenters. The van der Waals surface area contributed by atoms with Gasteiger partial charge in [0.15, 0.2) is 11.5 Å². The molecule has 5 nitrogen and oxygen atoms in total. The van der Waals surface area contributed by atoms with E-state index in [4.69, 9.17) is 27.9 Å². The second-order valence-electron chi connectivity index (χ2n) is 5.00. The highest BCUT2D eigenvalue weighted by Gasteiger charge is 2.15. The predicted octanol–water partition coefficient (Wildman–Crippen LogP) is 5.41. The van der Waals surface area contributed by atoms with E-state index >= 15 is 0 Å². The molecule has 0 fully saturated rings. The third-order valence-corrected chi connectivity index (χ3v) is 4.75. The van der Waals surface area contributed by atoms with Gasteiger partial charge in [-0.25, -0.2) is 0 Å². The van der Waals surface area contributed by atoms with Crippen LogP contribution in [0.15, 0.2) is 40.4 Å². The van der Waals surface area contributed by atoms with Crippen LogP contribution in [0, 0.1) is 11.3 Å².